The summed E-state index contributed by atoms with van der Waals surface area (Å²) >= 11 is 12.1. The summed E-state index contributed by atoms with van der Waals surface area (Å²) in [6, 6.07) is 25.3. The predicted molar refractivity (Wildman–Crippen MR) is 174 cm³/mol. The topological polar surface area (TPSA) is 51.8 Å². The molecule has 0 spiro atoms. The van der Waals surface area contributed by atoms with E-state index in [1.54, 1.807) is 24.3 Å². The molecule has 5 aromatic carbocycles. The molecule has 1 N–H and O–H groups in total. The molecule has 0 fully saturated rings. The molecule has 45 heavy (non-hydrogen) atoms. The molecule has 2 aliphatic rings. The Balaban J connectivity index is 0.000000145. The van der Waals surface area contributed by atoms with Crippen LogP contribution in [0, 0.1) is 11.6 Å². The fourth-order valence-electron chi connectivity index (χ4n) is 5.83. The Hall–Kier alpha value is -4.78. The first kappa shape index (κ1) is 29.0. The van der Waals surface area contributed by atoms with Gasteiger partial charge in [-0.1, -0.05) is 59.6 Å². The van der Waals surface area contributed by atoms with Crippen molar-refractivity contribution in [3.05, 3.63) is 136 Å². The Morgan fingerprint density at radius 1 is 0.756 bits per heavy atom. The van der Waals surface area contributed by atoms with Crippen LogP contribution in [0.1, 0.15) is 17.9 Å². The maximum Gasteiger partial charge on any atom is 0.135 e. The van der Waals surface area contributed by atoms with Gasteiger partial charge in [-0.05, 0) is 73.2 Å². The van der Waals surface area contributed by atoms with Crippen LogP contribution in [-0.4, -0.2) is 12.2 Å². The zero-order valence-electron chi connectivity index (χ0n) is 23.8. The van der Waals surface area contributed by atoms with E-state index in [2.05, 4.69) is 18.2 Å². The molecule has 6 aromatic rings. The Morgan fingerprint density at radius 2 is 1.49 bits per heavy atom. The average Bonchev–Trinajstić information content (AvgIpc) is 3.58. The monoisotopic (exact) mass is 640 g/mol. The maximum absolute atomic E-state index is 14.6. The minimum Gasteiger partial charge on any atom is -0.507 e. The normalized spacial score (nSPS) is 15.0. The number of phenolic OH excluding ortho intramolecular Hbond substituents is 1. The van der Waals surface area contributed by atoms with Crippen LogP contribution < -0.4 is 9.47 Å². The molecular weight excluding hydrogens is 617 g/mol. The van der Waals surface area contributed by atoms with Gasteiger partial charge in [0.15, 0.2) is 0 Å². The fraction of sp³-hybridized carbons (Fsp3) is 0.0811. The lowest BCUT2D eigenvalue weighted by Gasteiger charge is -2.13. The van der Waals surface area contributed by atoms with Gasteiger partial charge in [0.05, 0.1) is 13.0 Å². The van der Waals surface area contributed by atoms with E-state index in [1.807, 2.05) is 30.4 Å². The van der Waals surface area contributed by atoms with Crippen molar-refractivity contribution in [2.45, 2.75) is 12.3 Å². The molecule has 1 aliphatic carbocycles. The van der Waals surface area contributed by atoms with Crippen molar-refractivity contribution in [1.29, 1.82) is 0 Å². The van der Waals surface area contributed by atoms with Crippen molar-refractivity contribution in [3.8, 4) is 39.5 Å². The van der Waals surface area contributed by atoms with Crippen molar-refractivity contribution in [1.82, 2.24) is 0 Å². The molecule has 0 bridgehead atoms. The van der Waals surface area contributed by atoms with Crippen LogP contribution in [0.25, 0.3) is 44.2 Å². The summed E-state index contributed by atoms with van der Waals surface area (Å²) in [5.41, 5.74) is 3.57. The summed E-state index contributed by atoms with van der Waals surface area (Å²) in [6.07, 6.45) is 4.68. The first-order chi connectivity index (χ1) is 21.8. The zero-order valence-corrected chi connectivity index (χ0v) is 25.3. The van der Waals surface area contributed by atoms with Crippen molar-refractivity contribution in [3.63, 3.8) is 0 Å². The lowest BCUT2D eigenvalue weighted by Crippen LogP contribution is -2.02. The summed E-state index contributed by atoms with van der Waals surface area (Å²) in [4.78, 5) is 0. The number of allylic oxidation sites excluding steroid dienone is 4. The summed E-state index contributed by atoms with van der Waals surface area (Å²) in [5.74, 6) is 1.08. The molecule has 1 aliphatic heterocycles. The van der Waals surface area contributed by atoms with Crippen molar-refractivity contribution in [2.24, 2.45) is 0 Å². The number of furan rings is 1. The van der Waals surface area contributed by atoms with Crippen LogP contribution in [-0.2, 0) is 0 Å². The molecule has 8 heteroatoms. The summed E-state index contributed by atoms with van der Waals surface area (Å²) < 4.78 is 46.4. The standard InChI is InChI=1S/C19H13ClF2O2.C18H11ClO2/c1-24-19-7-6-11(20)8-15(19)14-10-16(21)13(9-17(14)22)12-4-2-3-5-18(12)23;19-10-5-6-16-12(7-10)14-9-17-13(8-18(14)21-16)11-3-1-2-4-15(11)20-17/h2-10,23H,1H3;1-6,8-9,12H,7H2. The van der Waals surface area contributed by atoms with E-state index >= 15 is 0 Å². The number of para-hydroxylation sites is 2. The van der Waals surface area contributed by atoms with E-state index in [-0.39, 0.29) is 28.4 Å². The number of hydrogen-bond acceptors (Lipinski definition) is 4. The second-order valence-electron chi connectivity index (χ2n) is 10.7. The number of halogens is 4. The van der Waals surface area contributed by atoms with Gasteiger partial charge in [-0.3, -0.25) is 0 Å². The summed E-state index contributed by atoms with van der Waals surface area (Å²) in [7, 11) is 1.44. The highest BCUT2D eigenvalue weighted by Crippen LogP contribution is 2.49. The summed E-state index contributed by atoms with van der Waals surface area (Å²) in [6.45, 7) is 0. The minimum atomic E-state index is -0.657. The second-order valence-corrected chi connectivity index (χ2v) is 11.6. The average molecular weight is 641 g/mol. The van der Waals surface area contributed by atoms with Crippen LogP contribution in [0.4, 0.5) is 8.78 Å². The molecular formula is C37H24Cl2F2O4. The molecule has 4 nitrogen and oxygen atoms in total. The van der Waals surface area contributed by atoms with Crippen molar-refractivity contribution >= 4 is 45.1 Å². The second kappa shape index (κ2) is 11.6. The van der Waals surface area contributed by atoms with E-state index in [9.17, 15) is 13.9 Å². The maximum atomic E-state index is 14.6. The Kier molecular flexibility index (Phi) is 7.48. The molecule has 1 aromatic heterocycles. The number of phenols is 1. The Labute approximate surface area is 267 Å². The number of rotatable bonds is 3. The number of aromatic hydroxyl groups is 1. The van der Waals surface area contributed by atoms with Crippen LogP contribution in [0.15, 0.2) is 118 Å². The third-order valence-electron chi connectivity index (χ3n) is 7.99. The highest BCUT2D eigenvalue weighted by molar-refractivity contribution is 6.31. The van der Waals surface area contributed by atoms with Crippen LogP contribution >= 0.6 is 23.2 Å². The number of hydrogen-bond donors (Lipinski definition) is 1. The van der Waals surface area contributed by atoms with Gasteiger partial charge < -0.3 is 19.0 Å². The predicted octanol–water partition coefficient (Wildman–Crippen LogP) is 11.1. The molecule has 1 unspecified atom stereocenters. The Bertz CT molecular complexity index is 2180. The SMILES string of the molecule is COc1ccc(Cl)cc1-c1cc(F)c(-c2ccccc2O)cc1F.ClC1=CC=C2Oc3cc4c(cc3C2C1)oc1ccccc14. The molecule has 0 amide bonds. The highest BCUT2D eigenvalue weighted by Gasteiger charge is 2.32. The van der Waals surface area contributed by atoms with Gasteiger partial charge in [0.25, 0.3) is 0 Å². The molecule has 0 saturated carbocycles. The number of fused-ring (bicyclic) bond motifs is 6. The quantitative estimate of drug-likeness (QED) is 0.209. The van der Waals surface area contributed by atoms with Crippen LogP contribution in [0.2, 0.25) is 5.02 Å². The van der Waals surface area contributed by atoms with Gasteiger partial charge in [-0.2, -0.15) is 0 Å². The van der Waals surface area contributed by atoms with Gasteiger partial charge in [0.1, 0.15) is 45.8 Å². The highest BCUT2D eigenvalue weighted by atomic mass is 35.5. The minimum absolute atomic E-state index is 0.0182. The van der Waals surface area contributed by atoms with Crippen LogP contribution in [0.3, 0.4) is 0 Å². The van der Waals surface area contributed by atoms with Crippen molar-refractivity contribution < 1.29 is 27.8 Å². The smallest absolute Gasteiger partial charge is 0.135 e. The van der Waals surface area contributed by atoms with Crippen LogP contribution in [0.5, 0.6) is 17.2 Å². The number of methoxy groups -OCH3 is 1. The number of ether oxygens (including phenoxy) is 2. The summed E-state index contributed by atoms with van der Waals surface area (Å²) in [5, 5.41) is 13.3. The molecule has 0 saturated heterocycles. The third-order valence-corrected chi connectivity index (χ3v) is 8.50. The molecule has 224 valence electrons. The van der Waals surface area contributed by atoms with E-state index in [0.717, 1.165) is 57.0 Å². The lowest BCUT2D eigenvalue weighted by atomic mass is 9.91. The van der Waals surface area contributed by atoms with Gasteiger partial charge >= 0.3 is 0 Å². The molecule has 0 radical (unpaired) electrons. The third kappa shape index (κ3) is 5.30. The largest absolute Gasteiger partial charge is 0.507 e. The van der Waals surface area contributed by atoms with E-state index in [4.69, 9.17) is 37.1 Å². The molecule has 1 atom stereocenters. The zero-order chi connectivity index (χ0) is 31.2. The number of benzene rings is 5. The Morgan fingerprint density at radius 3 is 2.27 bits per heavy atom. The van der Waals surface area contributed by atoms with Gasteiger partial charge in [-0.15, -0.1) is 0 Å². The van der Waals surface area contributed by atoms with E-state index in [0.29, 0.717) is 16.3 Å². The first-order valence-corrected chi connectivity index (χ1v) is 14.9. The fourth-order valence-corrected chi connectivity index (χ4v) is 6.22. The van der Waals surface area contributed by atoms with Crippen molar-refractivity contribution in [2.75, 3.05) is 7.11 Å². The van der Waals surface area contributed by atoms with Gasteiger partial charge in [-0.25, -0.2) is 8.78 Å². The lowest BCUT2D eigenvalue weighted by molar-refractivity contribution is 0.416. The van der Waals surface area contributed by atoms with Gasteiger partial charge in [0.2, 0.25) is 0 Å². The van der Waals surface area contributed by atoms with E-state index in [1.165, 1.54) is 30.9 Å². The molecule has 2 heterocycles. The molecule has 8 rings (SSSR count). The first-order valence-electron chi connectivity index (χ1n) is 14.1. The van der Waals surface area contributed by atoms with E-state index < -0.39 is 11.6 Å². The van der Waals surface area contributed by atoms with Gasteiger partial charge in [0, 0.05) is 48.6 Å².